The maximum Gasteiger partial charge on any atom is 0.168 e. The molecule has 48 valence electrons. The van der Waals surface area contributed by atoms with Gasteiger partial charge in [0.2, 0.25) is 0 Å². The van der Waals surface area contributed by atoms with E-state index in [9.17, 15) is 0 Å². The molecule has 0 atom stereocenters. The first kappa shape index (κ1) is 7.56. The number of hydrogen-bond acceptors (Lipinski definition) is 2. The Kier molecular flexibility index (Phi) is 2.09. The Hall–Kier alpha value is -0.443. The van der Waals surface area contributed by atoms with Gasteiger partial charge in [0.25, 0.3) is 0 Å². The Labute approximate surface area is 51.3 Å². The molecule has 2 N–H and O–H groups in total. The molecule has 3 heteroatoms. The van der Waals surface area contributed by atoms with Crippen molar-refractivity contribution in [2.24, 2.45) is 0 Å². The Bertz CT molecular complexity index is 95.1. The van der Waals surface area contributed by atoms with Crippen molar-refractivity contribution in [1.82, 2.24) is 4.98 Å². The van der Waals surface area contributed by atoms with Gasteiger partial charge >= 0.3 is 0 Å². The second-order valence-corrected chi connectivity index (χ2v) is 7.57. The summed E-state index contributed by atoms with van der Waals surface area (Å²) in [5.74, 6) is 0.0872. The predicted octanol–water partition coefficient (Wildman–Crippen LogP) is 1.44. The SMILES string of the molecule is C=C(O)N[Si](C)(C)C. The monoisotopic (exact) mass is 131 g/mol. The fraction of sp³-hybridized carbons (Fsp3) is 0.600. The summed E-state index contributed by atoms with van der Waals surface area (Å²) in [7, 11) is -1.32. The standard InChI is InChI=1S/C5H13NOSi/c1-5(7)6-8(2,3)4/h6-7H,1H2,2-4H3. The van der Waals surface area contributed by atoms with Crippen molar-refractivity contribution in [2.45, 2.75) is 19.6 Å². The molecule has 0 rings (SSSR count). The van der Waals surface area contributed by atoms with Crippen molar-refractivity contribution in [3.8, 4) is 0 Å². The first-order valence-electron chi connectivity index (χ1n) is 2.58. The highest BCUT2D eigenvalue weighted by Gasteiger charge is 2.11. The van der Waals surface area contributed by atoms with Crippen LogP contribution in [0.2, 0.25) is 19.6 Å². The van der Waals surface area contributed by atoms with E-state index < -0.39 is 8.24 Å². The predicted molar refractivity (Wildman–Crippen MR) is 38.3 cm³/mol. The molecule has 8 heavy (non-hydrogen) atoms. The molecule has 0 saturated heterocycles. The lowest BCUT2D eigenvalue weighted by Crippen LogP contribution is -2.39. The van der Waals surface area contributed by atoms with E-state index in [-0.39, 0.29) is 5.88 Å². The molecular formula is C5H13NOSi. The van der Waals surface area contributed by atoms with Gasteiger partial charge in [-0.2, -0.15) is 0 Å². The van der Waals surface area contributed by atoms with Gasteiger partial charge in [-0.25, -0.2) is 0 Å². The van der Waals surface area contributed by atoms with E-state index in [1.807, 2.05) is 0 Å². The molecule has 0 aromatic rings. The van der Waals surface area contributed by atoms with Crippen LogP contribution in [-0.4, -0.2) is 13.3 Å². The zero-order chi connectivity index (χ0) is 6.78. The van der Waals surface area contributed by atoms with Crippen LogP contribution < -0.4 is 4.98 Å². The molecule has 0 aliphatic rings. The third-order valence-corrected chi connectivity index (χ3v) is 1.56. The third kappa shape index (κ3) is 5.56. The van der Waals surface area contributed by atoms with Crippen molar-refractivity contribution in [3.63, 3.8) is 0 Å². The molecule has 0 heterocycles. The molecule has 0 unspecified atom stereocenters. The minimum atomic E-state index is -1.32. The molecule has 0 aliphatic heterocycles. The van der Waals surface area contributed by atoms with Crippen LogP contribution in [0.25, 0.3) is 0 Å². The van der Waals surface area contributed by atoms with Crippen molar-refractivity contribution >= 4 is 8.24 Å². The van der Waals surface area contributed by atoms with Gasteiger partial charge < -0.3 is 10.1 Å². The Morgan fingerprint density at radius 1 is 1.50 bits per heavy atom. The molecule has 0 bridgehead atoms. The van der Waals surface area contributed by atoms with E-state index >= 15 is 0 Å². The zero-order valence-electron chi connectivity index (χ0n) is 5.65. The van der Waals surface area contributed by atoms with Crippen LogP contribution in [0.15, 0.2) is 12.5 Å². The first-order valence-corrected chi connectivity index (χ1v) is 6.08. The van der Waals surface area contributed by atoms with Gasteiger partial charge in [0.05, 0.1) is 0 Å². The fourth-order valence-corrected chi connectivity index (χ4v) is 1.30. The Morgan fingerprint density at radius 2 is 1.88 bits per heavy atom. The summed E-state index contributed by atoms with van der Waals surface area (Å²) in [5, 5.41) is 8.62. The highest BCUT2D eigenvalue weighted by Crippen LogP contribution is 1.95. The second kappa shape index (κ2) is 2.22. The summed E-state index contributed by atoms with van der Waals surface area (Å²) in [6.45, 7) is 9.59. The molecule has 0 aliphatic carbocycles. The van der Waals surface area contributed by atoms with Gasteiger partial charge in [0.15, 0.2) is 5.88 Å². The summed E-state index contributed by atoms with van der Waals surface area (Å²) in [6.07, 6.45) is 0. The summed E-state index contributed by atoms with van der Waals surface area (Å²) in [6, 6.07) is 0. The van der Waals surface area contributed by atoms with Crippen LogP contribution >= 0.6 is 0 Å². The van der Waals surface area contributed by atoms with Crippen LogP contribution in [0.5, 0.6) is 0 Å². The molecule has 2 nitrogen and oxygen atoms in total. The van der Waals surface area contributed by atoms with E-state index in [1.54, 1.807) is 0 Å². The van der Waals surface area contributed by atoms with Gasteiger partial charge in [-0.1, -0.05) is 19.6 Å². The number of nitrogens with one attached hydrogen (secondary N) is 1. The third-order valence-electron chi connectivity index (χ3n) is 0.519. The van der Waals surface area contributed by atoms with E-state index in [1.165, 1.54) is 0 Å². The van der Waals surface area contributed by atoms with E-state index in [2.05, 4.69) is 31.2 Å². The second-order valence-electron chi connectivity index (χ2n) is 2.82. The minimum Gasteiger partial charge on any atom is -0.496 e. The van der Waals surface area contributed by atoms with Crippen LogP contribution in [0.1, 0.15) is 0 Å². The zero-order valence-corrected chi connectivity index (χ0v) is 6.65. The average molecular weight is 131 g/mol. The van der Waals surface area contributed by atoms with Crippen LogP contribution in [0.3, 0.4) is 0 Å². The highest BCUT2D eigenvalue weighted by molar-refractivity contribution is 6.73. The minimum absolute atomic E-state index is 0.0872. The van der Waals surface area contributed by atoms with Gasteiger partial charge in [0, 0.05) is 0 Å². The van der Waals surface area contributed by atoms with E-state index in [4.69, 9.17) is 5.11 Å². The molecular weight excluding hydrogens is 118 g/mol. The van der Waals surface area contributed by atoms with Gasteiger partial charge in [0.1, 0.15) is 8.24 Å². The lowest BCUT2D eigenvalue weighted by molar-refractivity contribution is 0.392. The maximum absolute atomic E-state index is 8.62. The van der Waals surface area contributed by atoms with E-state index in [0.717, 1.165) is 0 Å². The molecule has 0 amide bonds. The molecule has 0 fully saturated rings. The van der Waals surface area contributed by atoms with Gasteiger partial charge in [-0.3, -0.25) is 0 Å². The van der Waals surface area contributed by atoms with Crippen molar-refractivity contribution in [1.29, 1.82) is 0 Å². The average Bonchev–Trinajstić information content (AvgIpc) is 1.21. The van der Waals surface area contributed by atoms with Gasteiger partial charge in [-0.05, 0) is 6.58 Å². The smallest absolute Gasteiger partial charge is 0.168 e. The molecule has 0 radical (unpaired) electrons. The number of hydrogen-bond donors (Lipinski definition) is 2. The summed E-state index contributed by atoms with van der Waals surface area (Å²) < 4.78 is 0. The quantitative estimate of drug-likeness (QED) is 0.439. The van der Waals surface area contributed by atoms with Crippen molar-refractivity contribution < 1.29 is 5.11 Å². The summed E-state index contributed by atoms with van der Waals surface area (Å²) in [4.78, 5) is 2.88. The number of aliphatic hydroxyl groups is 1. The Balaban J connectivity index is 3.55. The van der Waals surface area contributed by atoms with Crippen LogP contribution in [0.4, 0.5) is 0 Å². The van der Waals surface area contributed by atoms with Crippen molar-refractivity contribution in [3.05, 3.63) is 12.5 Å². The topological polar surface area (TPSA) is 32.3 Å². The van der Waals surface area contributed by atoms with Crippen LogP contribution in [0, 0.1) is 0 Å². The highest BCUT2D eigenvalue weighted by atomic mass is 28.3. The molecule has 0 aromatic carbocycles. The lowest BCUT2D eigenvalue weighted by Gasteiger charge is -2.16. The van der Waals surface area contributed by atoms with E-state index in [0.29, 0.717) is 0 Å². The summed E-state index contributed by atoms with van der Waals surface area (Å²) >= 11 is 0. The lowest BCUT2D eigenvalue weighted by atomic mass is 11.0. The molecule has 0 saturated carbocycles. The number of aliphatic hydroxyl groups excluding tert-OH is 1. The van der Waals surface area contributed by atoms with Crippen LogP contribution in [-0.2, 0) is 0 Å². The first-order chi connectivity index (χ1) is 3.42. The summed E-state index contributed by atoms with van der Waals surface area (Å²) in [5.41, 5.74) is 0. The van der Waals surface area contributed by atoms with Gasteiger partial charge in [-0.15, -0.1) is 0 Å². The molecule has 0 aromatic heterocycles. The normalized spacial score (nSPS) is 10.9. The maximum atomic E-state index is 8.62. The fourth-order valence-electron chi connectivity index (χ4n) is 0.433. The Morgan fingerprint density at radius 3 is 1.88 bits per heavy atom. The van der Waals surface area contributed by atoms with Crippen molar-refractivity contribution in [2.75, 3.05) is 0 Å². The molecule has 0 spiro atoms. The number of rotatable bonds is 2. The largest absolute Gasteiger partial charge is 0.496 e.